The Morgan fingerprint density at radius 2 is 2.45 bits per heavy atom. The van der Waals surface area contributed by atoms with Gasteiger partial charge < -0.3 is 5.73 Å². The van der Waals surface area contributed by atoms with Crippen LogP contribution in [0.4, 0.5) is 0 Å². The summed E-state index contributed by atoms with van der Waals surface area (Å²) < 4.78 is 1.91. The molecule has 0 unspecified atom stereocenters. The summed E-state index contributed by atoms with van der Waals surface area (Å²) >= 11 is 1.92. The van der Waals surface area contributed by atoms with Crippen molar-refractivity contribution in [3.8, 4) is 0 Å². The zero-order valence-electron chi connectivity index (χ0n) is 6.50. The summed E-state index contributed by atoms with van der Waals surface area (Å²) in [6, 6.07) is 0. The summed E-state index contributed by atoms with van der Waals surface area (Å²) in [5.41, 5.74) is 9.41. The molecule has 1 aliphatic rings. The monoisotopic (exact) mass is 169 g/mol. The molecule has 1 aliphatic heterocycles. The van der Waals surface area contributed by atoms with Crippen LogP contribution in [0.2, 0.25) is 0 Å². The van der Waals surface area contributed by atoms with Gasteiger partial charge in [-0.15, -0.1) is 0 Å². The van der Waals surface area contributed by atoms with Crippen LogP contribution in [0, 0.1) is 0 Å². The van der Waals surface area contributed by atoms with Gasteiger partial charge in [0.1, 0.15) is 0 Å². The van der Waals surface area contributed by atoms with Gasteiger partial charge in [-0.1, -0.05) is 0 Å². The van der Waals surface area contributed by atoms with E-state index in [2.05, 4.69) is 5.10 Å². The van der Waals surface area contributed by atoms with E-state index in [1.54, 1.807) is 0 Å². The molecule has 60 valence electrons. The van der Waals surface area contributed by atoms with Crippen molar-refractivity contribution in [2.45, 2.75) is 18.1 Å². The predicted octanol–water partition coefficient (Wildman–Crippen LogP) is 0.626. The number of nitrogens with zero attached hydrogens (tertiary/aromatic N) is 2. The minimum absolute atomic E-state index is 0.611. The van der Waals surface area contributed by atoms with Gasteiger partial charge in [-0.25, -0.2) is 0 Å². The first-order valence-corrected chi connectivity index (χ1v) is 4.80. The number of rotatable bonds is 1. The average Bonchev–Trinajstić information content (AvgIpc) is 2.46. The van der Waals surface area contributed by atoms with Gasteiger partial charge >= 0.3 is 0 Å². The van der Waals surface area contributed by atoms with Gasteiger partial charge in [-0.2, -0.15) is 16.9 Å². The molecule has 4 heteroatoms. The lowest BCUT2D eigenvalue weighted by atomic mass is 10.2. The normalized spacial score (nSPS) is 15.5. The molecule has 2 rings (SSSR count). The molecule has 0 aliphatic carbocycles. The molecule has 11 heavy (non-hydrogen) atoms. The lowest BCUT2D eigenvalue weighted by molar-refractivity contribution is 0.702. The van der Waals surface area contributed by atoms with E-state index in [1.807, 2.05) is 23.5 Å². The Hall–Kier alpha value is -0.480. The van der Waals surface area contributed by atoms with E-state index in [4.69, 9.17) is 5.73 Å². The van der Waals surface area contributed by atoms with Crippen LogP contribution >= 0.6 is 11.8 Å². The van der Waals surface area contributed by atoms with Crippen LogP contribution < -0.4 is 5.73 Å². The van der Waals surface area contributed by atoms with Crippen LogP contribution in [-0.4, -0.2) is 9.78 Å². The summed E-state index contributed by atoms with van der Waals surface area (Å²) in [5.74, 6) is 2.15. The predicted molar refractivity (Wildman–Crippen MR) is 46.1 cm³/mol. The maximum atomic E-state index is 5.60. The first-order chi connectivity index (χ1) is 5.33. The Morgan fingerprint density at radius 1 is 1.64 bits per heavy atom. The second kappa shape index (κ2) is 2.53. The Morgan fingerprint density at radius 3 is 3.18 bits per heavy atom. The molecule has 0 saturated heterocycles. The summed E-state index contributed by atoms with van der Waals surface area (Å²) in [4.78, 5) is 0. The highest BCUT2D eigenvalue weighted by Crippen LogP contribution is 2.30. The maximum Gasteiger partial charge on any atom is 0.0767 e. The summed E-state index contributed by atoms with van der Waals surface area (Å²) in [5, 5.41) is 4.38. The van der Waals surface area contributed by atoms with Crippen molar-refractivity contribution in [2.75, 3.05) is 0 Å². The third kappa shape index (κ3) is 0.973. The third-order valence-electron chi connectivity index (χ3n) is 2.04. The number of aryl methyl sites for hydroxylation is 1. The molecule has 1 aromatic rings. The number of hydrogen-bond donors (Lipinski definition) is 1. The summed E-state index contributed by atoms with van der Waals surface area (Å²) in [6.07, 6.45) is 0. The largest absolute Gasteiger partial charge is 0.325 e. The number of thioether (sulfide) groups is 1. The van der Waals surface area contributed by atoms with E-state index in [9.17, 15) is 0 Å². The molecule has 0 amide bonds. The summed E-state index contributed by atoms with van der Waals surface area (Å²) in [7, 11) is 1.96. The molecule has 0 aromatic carbocycles. The zero-order chi connectivity index (χ0) is 7.84. The fourth-order valence-corrected chi connectivity index (χ4v) is 2.52. The van der Waals surface area contributed by atoms with Gasteiger partial charge in [0.05, 0.1) is 11.4 Å². The van der Waals surface area contributed by atoms with E-state index < -0.39 is 0 Å². The van der Waals surface area contributed by atoms with Crippen molar-refractivity contribution in [1.82, 2.24) is 9.78 Å². The third-order valence-corrected chi connectivity index (χ3v) is 3.01. The molecular weight excluding hydrogens is 158 g/mol. The van der Waals surface area contributed by atoms with Gasteiger partial charge in [-0.3, -0.25) is 4.68 Å². The minimum atomic E-state index is 0.611. The molecule has 0 fully saturated rings. The molecule has 1 aromatic heterocycles. The number of hydrogen-bond acceptors (Lipinski definition) is 3. The van der Waals surface area contributed by atoms with Crippen molar-refractivity contribution < 1.29 is 0 Å². The fraction of sp³-hybridized carbons (Fsp3) is 0.571. The van der Waals surface area contributed by atoms with Crippen molar-refractivity contribution in [3.63, 3.8) is 0 Å². The molecule has 3 nitrogen and oxygen atoms in total. The van der Waals surface area contributed by atoms with Gasteiger partial charge in [0.15, 0.2) is 0 Å². The molecule has 2 N–H and O–H groups in total. The Balaban J connectivity index is 2.52. The van der Waals surface area contributed by atoms with Crippen molar-refractivity contribution in [3.05, 3.63) is 17.0 Å². The molecular formula is C7H11N3S. The Kier molecular flexibility index (Phi) is 1.65. The molecule has 0 atom stereocenters. The quantitative estimate of drug-likeness (QED) is 0.670. The Labute approximate surface area is 70.0 Å². The van der Waals surface area contributed by atoms with E-state index >= 15 is 0 Å². The highest BCUT2D eigenvalue weighted by atomic mass is 32.2. The zero-order valence-corrected chi connectivity index (χ0v) is 7.32. The number of nitrogens with two attached hydrogens (primary N) is 1. The van der Waals surface area contributed by atoms with Crippen LogP contribution in [0.5, 0.6) is 0 Å². The van der Waals surface area contributed by atoms with E-state index in [0.29, 0.717) is 6.54 Å². The van der Waals surface area contributed by atoms with E-state index in [0.717, 1.165) is 11.5 Å². The lowest BCUT2D eigenvalue weighted by Crippen LogP contribution is -2.06. The molecule has 2 heterocycles. The van der Waals surface area contributed by atoms with Gasteiger partial charge in [-0.05, 0) is 0 Å². The minimum Gasteiger partial charge on any atom is -0.325 e. The highest BCUT2D eigenvalue weighted by Gasteiger charge is 2.19. The van der Waals surface area contributed by atoms with Crippen LogP contribution in [0.1, 0.15) is 17.0 Å². The fourth-order valence-electron chi connectivity index (χ4n) is 1.45. The lowest BCUT2D eigenvalue weighted by Gasteiger charge is -1.98. The molecule has 0 spiro atoms. The number of aromatic nitrogens is 2. The van der Waals surface area contributed by atoms with Crippen molar-refractivity contribution in [2.24, 2.45) is 12.8 Å². The van der Waals surface area contributed by atoms with Gasteiger partial charge in [0, 0.05) is 30.7 Å². The van der Waals surface area contributed by atoms with Gasteiger partial charge in [0.25, 0.3) is 0 Å². The van der Waals surface area contributed by atoms with Crippen molar-refractivity contribution in [1.29, 1.82) is 0 Å². The molecule has 0 bridgehead atoms. The standard InChI is InChI=1S/C7H11N3S/c1-10-7(2-8)5-3-11-4-6(5)9-10/h2-4,8H2,1H3. The molecule has 0 radical (unpaired) electrons. The first kappa shape index (κ1) is 7.18. The van der Waals surface area contributed by atoms with Crippen LogP contribution in [0.25, 0.3) is 0 Å². The maximum absolute atomic E-state index is 5.60. The average molecular weight is 169 g/mol. The SMILES string of the molecule is Cn1nc2c(c1CN)CSC2. The van der Waals surface area contributed by atoms with E-state index in [-0.39, 0.29) is 0 Å². The first-order valence-electron chi connectivity index (χ1n) is 3.64. The van der Waals surface area contributed by atoms with E-state index in [1.165, 1.54) is 17.0 Å². The van der Waals surface area contributed by atoms with Crippen molar-refractivity contribution >= 4 is 11.8 Å². The highest BCUT2D eigenvalue weighted by molar-refractivity contribution is 7.98. The topological polar surface area (TPSA) is 43.8 Å². The molecule has 0 saturated carbocycles. The van der Waals surface area contributed by atoms with Gasteiger partial charge in [0.2, 0.25) is 0 Å². The van der Waals surface area contributed by atoms with Crippen LogP contribution in [0.15, 0.2) is 0 Å². The van der Waals surface area contributed by atoms with Crippen LogP contribution in [0.3, 0.4) is 0 Å². The Bertz CT molecular complexity index is 279. The smallest absolute Gasteiger partial charge is 0.0767 e. The second-order valence-electron chi connectivity index (χ2n) is 2.69. The second-order valence-corrected chi connectivity index (χ2v) is 3.68. The summed E-state index contributed by atoms with van der Waals surface area (Å²) in [6.45, 7) is 0.611. The number of fused-ring (bicyclic) bond motifs is 1. The van der Waals surface area contributed by atoms with Crippen LogP contribution in [-0.2, 0) is 25.1 Å².